The third kappa shape index (κ3) is 3.95. The maximum atomic E-state index is 13.0. The molecule has 1 aliphatic heterocycles. The Bertz CT molecular complexity index is 999. The first kappa shape index (κ1) is 17.9. The fourth-order valence-corrected chi connectivity index (χ4v) is 4.74. The summed E-state index contributed by atoms with van der Waals surface area (Å²) in [4.78, 5) is 7.54. The third-order valence-electron chi connectivity index (χ3n) is 4.83. The number of aromatic amines is 1. The Kier molecular flexibility index (Phi) is 5.07. The number of benzene rings is 2. The van der Waals surface area contributed by atoms with Crippen molar-refractivity contribution >= 4 is 10.0 Å². The van der Waals surface area contributed by atoms with Gasteiger partial charge in [-0.05, 0) is 35.2 Å². The van der Waals surface area contributed by atoms with Crippen LogP contribution in [0.15, 0.2) is 65.8 Å². The van der Waals surface area contributed by atoms with Crippen molar-refractivity contribution in [2.24, 2.45) is 0 Å². The van der Waals surface area contributed by atoms with E-state index in [0.29, 0.717) is 31.1 Å². The quantitative estimate of drug-likeness (QED) is 0.686. The largest absolute Gasteiger partial charge is 0.348 e. The Morgan fingerprint density at radius 3 is 2.56 bits per heavy atom. The van der Waals surface area contributed by atoms with Gasteiger partial charge in [-0.2, -0.15) is 4.31 Å². The first-order valence-corrected chi connectivity index (χ1v) is 10.4. The fraction of sp³-hybridized carbons (Fsp3) is 0.250. The van der Waals surface area contributed by atoms with Crippen LogP contribution >= 0.6 is 0 Å². The van der Waals surface area contributed by atoms with Crippen LogP contribution < -0.4 is 5.32 Å². The normalized spacial score (nSPS) is 14.8. The highest BCUT2D eigenvalue weighted by molar-refractivity contribution is 7.89. The Morgan fingerprint density at radius 2 is 1.81 bits per heavy atom. The summed E-state index contributed by atoms with van der Waals surface area (Å²) >= 11 is 0. The van der Waals surface area contributed by atoms with E-state index in [-0.39, 0.29) is 0 Å². The number of H-pyrrole nitrogens is 1. The minimum atomic E-state index is -3.48. The number of hydrogen-bond acceptors (Lipinski definition) is 4. The lowest BCUT2D eigenvalue weighted by Gasteiger charge is -2.28. The topological polar surface area (TPSA) is 78.1 Å². The highest BCUT2D eigenvalue weighted by Crippen LogP contribution is 2.25. The molecule has 4 rings (SSSR count). The van der Waals surface area contributed by atoms with Gasteiger partial charge in [0.25, 0.3) is 0 Å². The Labute approximate surface area is 159 Å². The van der Waals surface area contributed by atoms with Gasteiger partial charge in [0.2, 0.25) is 10.0 Å². The highest BCUT2D eigenvalue weighted by Gasteiger charge is 2.27. The van der Waals surface area contributed by atoms with Gasteiger partial charge < -0.3 is 10.3 Å². The van der Waals surface area contributed by atoms with E-state index in [1.807, 2.05) is 30.3 Å². The third-order valence-corrected chi connectivity index (χ3v) is 6.69. The van der Waals surface area contributed by atoms with Crippen LogP contribution in [0.3, 0.4) is 0 Å². The fourth-order valence-electron chi connectivity index (χ4n) is 3.32. The predicted octanol–water partition coefficient (Wildman–Crippen LogP) is 2.45. The summed E-state index contributed by atoms with van der Waals surface area (Å²) in [7, 11) is -3.48. The smallest absolute Gasteiger partial charge is 0.243 e. The molecule has 0 atom stereocenters. The van der Waals surface area contributed by atoms with Crippen LogP contribution in [0.1, 0.15) is 22.5 Å². The zero-order valence-electron chi connectivity index (χ0n) is 14.9. The number of sulfonamides is 1. The van der Waals surface area contributed by atoms with Crippen LogP contribution in [0.4, 0.5) is 0 Å². The number of nitrogens with one attached hydrogen (secondary N) is 2. The first-order valence-electron chi connectivity index (χ1n) is 8.98. The molecule has 0 fully saturated rings. The lowest BCUT2D eigenvalue weighted by atomic mass is 10.0. The number of imidazole rings is 1. The zero-order chi connectivity index (χ0) is 18.7. The molecule has 2 heterocycles. The molecule has 1 aromatic heterocycles. The summed E-state index contributed by atoms with van der Waals surface area (Å²) in [5.41, 5.74) is 3.36. The van der Waals surface area contributed by atoms with Gasteiger partial charge in [-0.1, -0.05) is 36.4 Å². The van der Waals surface area contributed by atoms with E-state index in [2.05, 4.69) is 21.4 Å². The maximum Gasteiger partial charge on any atom is 0.243 e. The van der Waals surface area contributed by atoms with Crippen LogP contribution in [0, 0.1) is 0 Å². The van der Waals surface area contributed by atoms with Crippen LogP contribution in [0.2, 0.25) is 0 Å². The van der Waals surface area contributed by atoms with E-state index in [9.17, 15) is 8.42 Å². The summed E-state index contributed by atoms with van der Waals surface area (Å²) in [6, 6.07) is 15.1. The van der Waals surface area contributed by atoms with Crippen molar-refractivity contribution in [1.82, 2.24) is 19.6 Å². The van der Waals surface area contributed by atoms with E-state index in [4.69, 9.17) is 0 Å². The van der Waals surface area contributed by atoms with Gasteiger partial charge in [0.15, 0.2) is 0 Å². The minimum Gasteiger partial charge on any atom is -0.348 e. The van der Waals surface area contributed by atoms with Crippen molar-refractivity contribution in [2.75, 3.05) is 6.54 Å². The number of nitrogens with zero attached hydrogens (tertiary/aromatic N) is 2. The van der Waals surface area contributed by atoms with Crippen molar-refractivity contribution in [3.63, 3.8) is 0 Å². The molecule has 0 bridgehead atoms. The van der Waals surface area contributed by atoms with Crippen LogP contribution in [-0.2, 0) is 36.1 Å². The Balaban J connectivity index is 1.42. The van der Waals surface area contributed by atoms with Crippen molar-refractivity contribution < 1.29 is 8.42 Å². The molecular formula is C20H22N4O2S. The number of rotatable bonds is 6. The van der Waals surface area contributed by atoms with Gasteiger partial charge >= 0.3 is 0 Å². The minimum absolute atomic E-state index is 0.344. The number of aromatic nitrogens is 2. The molecule has 0 spiro atoms. The standard InChI is InChI=1S/C20H22N4O2S/c25-27(26,24-12-9-17-3-1-2-4-18(17)15-24)19-7-5-16(6-8-19)13-21-14-20-22-10-11-23-20/h1-8,10-11,21H,9,12-15H2,(H,22,23). The van der Waals surface area contributed by atoms with E-state index >= 15 is 0 Å². The van der Waals surface area contributed by atoms with Crippen molar-refractivity contribution in [1.29, 1.82) is 0 Å². The molecule has 0 radical (unpaired) electrons. The molecule has 1 aliphatic rings. The monoisotopic (exact) mass is 382 g/mol. The van der Waals surface area contributed by atoms with Crippen LogP contribution in [-0.4, -0.2) is 29.2 Å². The van der Waals surface area contributed by atoms with Gasteiger partial charge in [-0.25, -0.2) is 13.4 Å². The van der Waals surface area contributed by atoms with Crippen LogP contribution in [0.5, 0.6) is 0 Å². The molecule has 0 unspecified atom stereocenters. The molecule has 2 N–H and O–H groups in total. The van der Waals surface area contributed by atoms with Gasteiger partial charge in [-0.15, -0.1) is 0 Å². The predicted molar refractivity (Wildman–Crippen MR) is 103 cm³/mol. The van der Waals surface area contributed by atoms with Gasteiger partial charge in [0, 0.05) is 32.0 Å². The molecule has 7 heteroatoms. The second-order valence-electron chi connectivity index (χ2n) is 6.64. The van der Waals surface area contributed by atoms with E-state index in [0.717, 1.165) is 23.4 Å². The lowest BCUT2D eigenvalue weighted by Crippen LogP contribution is -2.35. The average Bonchev–Trinajstić information content (AvgIpc) is 3.21. The average molecular weight is 382 g/mol. The molecule has 0 amide bonds. The Morgan fingerprint density at radius 1 is 1.04 bits per heavy atom. The zero-order valence-corrected chi connectivity index (χ0v) is 15.7. The van der Waals surface area contributed by atoms with Crippen molar-refractivity contribution in [2.45, 2.75) is 31.0 Å². The summed E-state index contributed by atoms with van der Waals surface area (Å²) < 4.78 is 27.5. The molecule has 140 valence electrons. The second-order valence-corrected chi connectivity index (χ2v) is 8.58. The summed E-state index contributed by atoms with van der Waals surface area (Å²) in [6.07, 6.45) is 4.26. The van der Waals surface area contributed by atoms with Crippen LogP contribution in [0.25, 0.3) is 0 Å². The Hall–Kier alpha value is -2.48. The second kappa shape index (κ2) is 7.64. The van der Waals surface area contributed by atoms with E-state index in [1.165, 1.54) is 5.56 Å². The van der Waals surface area contributed by atoms with Gasteiger partial charge in [0.05, 0.1) is 11.4 Å². The molecule has 0 saturated heterocycles. The molecule has 2 aromatic carbocycles. The first-order chi connectivity index (χ1) is 13.1. The maximum absolute atomic E-state index is 13.0. The molecular weight excluding hydrogens is 360 g/mol. The molecule has 6 nitrogen and oxygen atoms in total. The van der Waals surface area contributed by atoms with Gasteiger partial charge in [-0.3, -0.25) is 0 Å². The number of fused-ring (bicyclic) bond motifs is 1. The summed E-state index contributed by atoms with van der Waals surface area (Å²) in [6.45, 7) is 2.25. The lowest BCUT2D eigenvalue weighted by molar-refractivity contribution is 0.391. The highest BCUT2D eigenvalue weighted by atomic mass is 32.2. The van der Waals surface area contributed by atoms with E-state index in [1.54, 1.807) is 28.8 Å². The van der Waals surface area contributed by atoms with E-state index < -0.39 is 10.0 Å². The molecule has 3 aromatic rings. The van der Waals surface area contributed by atoms with Gasteiger partial charge in [0.1, 0.15) is 5.82 Å². The molecule has 0 aliphatic carbocycles. The molecule has 27 heavy (non-hydrogen) atoms. The summed E-state index contributed by atoms with van der Waals surface area (Å²) in [5, 5.41) is 3.28. The summed E-state index contributed by atoms with van der Waals surface area (Å²) in [5.74, 6) is 0.875. The van der Waals surface area contributed by atoms with Crippen molar-refractivity contribution in [3.05, 3.63) is 83.4 Å². The molecule has 0 saturated carbocycles. The number of hydrogen-bond donors (Lipinski definition) is 2. The SMILES string of the molecule is O=S(=O)(c1ccc(CNCc2ncc[nH]2)cc1)N1CCc2ccccc2C1. The van der Waals surface area contributed by atoms with Crippen molar-refractivity contribution in [3.8, 4) is 0 Å².